The second-order valence-electron chi connectivity index (χ2n) is 7.51. The van der Waals surface area contributed by atoms with Crippen molar-refractivity contribution >= 4 is 21.6 Å². The minimum atomic E-state index is -3.75. The van der Waals surface area contributed by atoms with Crippen molar-refractivity contribution in [2.24, 2.45) is 0 Å². The minimum Gasteiger partial charge on any atom is -0.484 e. The molecule has 0 heterocycles. The van der Waals surface area contributed by atoms with Gasteiger partial charge in [-0.15, -0.1) is 0 Å². The zero-order valence-electron chi connectivity index (χ0n) is 18.1. The number of hydrogen-bond acceptors (Lipinski definition) is 4. The average Bonchev–Trinajstić information content (AvgIpc) is 2.75. The lowest BCUT2D eigenvalue weighted by molar-refractivity contribution is -0.123. The van der Waals surface area contributed by atoms with Crippen LogP contribution in [0.1, 0.15) is 29.7 Å². The van der Waals surface area contributed by atoms with Gasteiger partial charge in [0.05, 0.1) is 10.9 Å². The van der Waals surface area contributed by atoms with E-state index in [1.54, 1.807) is 31.2 Å². The van der Waals surface area contributed by atoms with Crippen LogP contribution in [0.15, 0.2) is 71.6 Å². The van der Waals surface area contributed by atoms with Crippen LogP contribution in [-0.4, -0.2) is 20.9 Å². The summed E-state index contributed by atoms with van der Waals surface area (Å²) in [6.07, 6.45) is 0. The van der Waals surface area contributed by atoms with E-state index in [1.807, 2.05) is 19.9 Å². The van der Waals surface area contributed by atoms with Gasteiger partial charge in [0.1, 0.15) is 11.6 Å². The molecule has 1 unspecified atom stereocenters. The molecule has 32 heavy (non-hydrogen) atoms. The quantitative estimate of drug-likeness (QED) is 0.523. The van der Waals surface area contributed by atoms with E-state index < -0.39 is 10.0 Å². The summed E-state index contributed by atoms with van der Waals surface area (Å²) in [7, 11) is -3.75. The van der Waals surface area contributed by atoms with Crippen LogP contribution in [0.5, 0.6) is 5.75 Å². The van der Waals surface area contributed by atoms with Crippen LogP contribution in [-0.2, 0) is 14.8 Å². The number of carbonyl (C=O) groups is 1. The van der Waals surface area contributed by atoms with Gasteiger partial charge in [-0.1, -0.05) is 18.2 Å². The lowest BCUT2D eigenvalue weighted by Gasteiger charge is -2.15. The molecule has 3 aromatic rings. The van der Waals surface area contributed by atoms with E-state index in [4.69, 9.17) is 4.74 Å². The monoisotopic (exact) mass is 456 g/mol. The molecule has 0 saturated heterocycles. The fraction of sp³-hybridized carbons (Fsp3) is 0.208. The van der Waals surface area contributed by atoms with Gasteiger partial charge < -0.3 is 10.1 Å². The molecule has 0 aliphatic heterocycles. The maximum Gasteiger partial charge on any atom is 0.261 e. The highest BCUT2D eigenvalue weighted by atomic mass is 32.2. The van der Waals surface area contributed by atoms with Crippen molar-refractivity contribution in [3.8, 4) is 5.75 Å². The average molecular weight is 457 g/mol. The third kappa shape index (κ3) is 6.07. The molecule has 6 nitrogen and oxygen atoms in total. The normalized spacial score (nSPS) is 12.1. The molecule has 0 radical (unpaired) electrons. The Bertz CT molecular complexity index is 1190. The largest absolute Gasteiger partial charge is 0.484 e. The van der Waals surface area contributed by atoms with Gasteiger partial charge >= 0.3 is 0 Å². The highest BCUT2D eigenvalue weighted by molar-refractivity contribution is 7.92. The van der Waals surface area contributed by atoms with Gasteiger partial charge in [-0.3, -0.25) is 9.52 Å². The number of nitrogens with one attached hydrogen (secondary N) is 2. The van der Waals surface area contributed by atoms with E-state index >= 15 is 0 Å². The maximum atomic E-state index is 13.0. The number of halogens is 1. The van der Waals surface area contributed by atoms with E-state index in [9.17, 15) is 17.6 Å². The van der Waals surface area contributed by atoms with Crippen molar-refractivity contribution in [1.29, 1.82) is 0 Å². The van der Waals surface area contributed by atoms with Crippen molar-refractivity contribution in [3.63, 3.8) is 0 Å². The molecule has 0 saturated carbocycles. The number of sulfonamides is 1. The lowest BCUT2D eigenvalue weighted by atomic mass is 10.1. The summed E-state index contributed by atoms with van der Waals surface area (Å²) in [5.74, 6) is -0.333. The summed E-state index contributed by atoms with van der Waals surface area (Å²) in [6.45, 7) is 5.41. The first-order chi connectivity index (χ1) is 15.1. The van der Waals surface area contributed by atoms with Crippen molar-refractivity contribution in [3.05, 3.63) is 89.2 Å². The summed E-state index contributed by atoms with van der Waals surface area (Å²) in [4.78, 5) is 12.2. The summed E-state index contributed by atoms with van der Waals surface area (Å²) in [5.41, 5.74) is 3.32. The van der Waals surface area contributed by atoms with E-state index in [0.717, 1.165) is 16.7 Å². The number of rotatable bonds is 8. The Balaban J connectivity index is 1.56. The molecular weight excluding hydrogens is 431 g/mol. The maximum absolute atomic E-state index is 13.0. The van der Waals surface area contributed by atoms with Crippen molar-refractivity contribution < 1.29 is 22.3 Å². The smallest absolute Gasteiger partial charge is 0.261 e. The van der Waals surface area contributed by atoms with E-state index in [0.29, 0.717) is 11.4 Å². The zero-order valence-corrected chi connectivity index (χ0v) is 18.9. The predicted molar refractivity (Wildman–Crippen MR) is 122 cm³/mol. The Morgan fingerprint density at radius 2 is 1.62 bits per heavy atom. The van der Waals surface area contributed by atoms with Gasteiger partial charge in [0.15, 0.2) is 6.61 Å². The number of amides is 1. The lowest BCUT2D eigenvalue weighted by Crippen LogP contribution is -2.31. The third-order valence-corrected chi connectivity index (χ3v) is 6.41. The molecule has 3 aromatic carbocycles. The molecule has 0 fully saturated rings. The Hall–Kier alpha value is -3.39. The van der Waals surface area contributed by atoms with Gasteiger partial charge in [-0.25, -0.2) is 12.8 Å². The fourth-order valence-corrected chi connectivity index (χ4v) is 4.05. The van der Waals surface area contributed by atoms with Crippen molar-refractivity contribution in [1.82, 2.24) is 5.32 Å². The number of carbonyl (C=O) groups excluding carboxylic acids is 1. The number of aryl methyl sites for hydroxylation is 2. The third-order valence-electron chi connectivity index (χ3n) is 5.01. The molecule has 0 aromatic heterocycles. The second kappa shape index (κ2) is 9.82. The summed E-state index contributed by atoms with van der Waals surface area (Å²) >= 11 is 0. The number of hydrogen-bond donors (Lipinski definition) is 2. The number of anilines is 1. The summed E-state index contributed by atoms with van der Waals surface area (Å²) in [6, 6.07) is 16.7. The highest BCUT2D eigenvalue weighted by Gasteiger charge is 2.15. The van der Waals surface area contributed by atoms with E-state index in [1.165, 1.54) is 36.4 Å². The SMILES string of the molecule is Cc1ccc(NS(=O)(=O)c2ccc(OCC(=O)NC(C)c3ccc(F)cc3)cc2)cc1C. The molecule has 0 spiro atoms. The molecular formula is C24H25FN2O4S. The molecule has 0 bridgehead atoms. The van der Waals surface area contributed by atoms with Gasteiger partial charge in [-0.2, -0.15) is 0 Å². The van der Waals surface area contributed by atoms with Crippen molar-refractivity contribution in [2.45, 2.75) is 31.7 Å². The van der Waals surface area contributed by atoms with Crippen LogP contribution in [0, 0.1) is 19.7 Å². The molecule has 0 aliphatic rings. The van der Waals surface area contributed by atoms with Gasteiger partial charge in [0, 0.05) is 5.69 Å². The minimum absolute atomic E-state index is 0.0810. The van der Waals surface area contributed by atoms with Crippen LogP contribution >= 0.6 is 0 Å². The molecule has 3 rings (SSSR count). The number of ether oxygens (including phenoxy) is 1. The van der Waals surface area contributed by atoms with Crippen molar-refractivity contribution in [2.75, 3.05) is 11.3 Å². The van der Waals surface area contributed by atoms with Crippen LogP contribution in [0.4, 0.5) is 10.1 Å². The summed E-state index contributed by atoms with van der Waals surface area (Å²) < 4.78 is 46.2. The first-order valence-electron chi connectivity index (χ1n) is 10.0. The molecule has 168 valence electrons. The Kier molecular flexibility index (Phi) is 7.15. The standard InChI is InChI=1S/C24H25FN2O4S/c1-16-4-9-21(14-17(16)2)27-32(29,30)23-12-10-22(11-13-23)31-15-24(28)26-18(3)19-5-7-20(25)8-6-19/h4-14,18,27H,15H2,1-3H3,(H,26,28). The van der Waals surface area contributed by atoms with Crippen LogP contribution in [0.2, 0.25) is 0 Å². The van der Waals surface area contributed by atoms with Crippen LogP contribution in [0.25, 0.3) is 0 Å². The Morgan fingerprint density at radius 1 is 0.969 bits per heavy atom. The Morgan fingerprint density at radius 3 is 2.25 bits per heavy atom. The second-order valence-corrected chi connectivity index (χ2v) is 9.19. The fourth-order valence-electron chi connectivity index (χ4n) is 3.00. The molecule has 1 atom stereocenters. The van der Waals surface area contributed by atoms with Gasteiger partial charge in [-0.05, 0) is 86.0 Å². The predicted octanol–water partition coefficient (Wildman–Crippen LogP) is 4.50. The van der Waals surface area contributed by atoms with E-state index in [-0.39, 0.29) is 29.3 Å². The molecule has 8 heteroatoms. The zero-order chi connectivity index (χ0) is 23.3. The first-order valence-corrected chi connectivity index (χ1v) is 11.5. The Labute approximate surface area is 187 Å². The van der Waals surface area contributed by atoms with Crippen LogP contribution < -0.4 is 14.8 Å². The topological polar surface area (TPSA) is 84.5 Å². The highest BCUT2D eigenvalue weighted by Crippen LogP contribution is 2.21. The van der Waals surface area contributed by atoms with Gasteiger partial charge in [0.2, 0.25) is 0 Å². The molecule has 0 aliphatic carbocycles. The van der Waals surface area contributed by atoms with Crippen LogP contribution in [0.3, 0.4) is 0 Å². The van der Waals surface area contributed by atoms with E-state index in [2.05, 4.69) is 10.0 Å². The molecule has 2 N–H and O–H groups in total. The van der Waals surface area contributed by atoms with Gasteiger partial charge in [0.25, 0.3) is 15.9 Å². The number of benzene rings is 3. The first kappa shape index (κ1) is 23.3. The summed E-state index contributed by atoms with van der Waals surface area (Å²) in [5, 5.41) is 2.76. The molecule has 1 amide bonds.